The highest BCUT2D eigenvalue weighted by Gasteiger charge is 2.74. The summed E-state index contributed by atoms with van der Waals surface area (Å²) in [5.74, 6) is -6.38. The number of aromatic nitrogens is 1. The number of halogens is 2. The van der Waals surface area contributed by atoms with Crippen molar-refractivity contribution in [2.75, 3.05) is 6.61 Å². The van der Waals surface area contributed by atoms with Gasteiger partial charge in [0.05, 0.1) is 18.2 Å². The lowest BCUT2D eigenvalue weighted by atomic mass is 10.2. The average molecular weight is 227 g/mol. The van der Waals surface area contributed by atoms with Crippen LogP contribution in [0.1, 0.15) is 18.5 Å². The zero-order valence-electron chi connectivity index (χ0n) is 8.69. The molecule has 5 heteroatoms. The highest BCUT2D eigenvalue weighted by Crippen LogP contribution is 2.61. The van der Waals surface area contributed by atoms with Crippen LogP contribution in [0.3, 0.4) is 0 Å². The van der Waals surface area contributed by atoms with Gasteiger partial charge in [0.15, 0.2) is 0 Å². The van der Waals surface area contributed by atoms with Crippen molar-refractivity contribution in [1.82, 2.24) is 4.98 Å². The Kier molecular flexibility index (Phi) is 2.61. The van der Waals surface area contributed by atoms with Crippen LogP contribution in [0.5, 0.6) is 0 Å². The smallest absolute Gasteiger partial charge is 0.316 e. The maximum Gasteiger partial charge on any atom is 0.316 e. The van der Waals surface area contributed by atoms with Crippen LogP contribution in [0.25, 0.3) is 0 Å². The summed E-state index contributed by atoms with van der Waals surface area (Å²) in [6, 6.07) is 4.76. The third-order valence-electron chi connectivity index (χ3n) is 2.60. The van der Waals surface area contributed by atoms with E-state index < -0.39 is 23.7 Å². The van der Waals surface area contributed by atoms with Crippen LogP contribution in [-0.4, -0.2) is 23.5 Å². The molecule has 0 aromatic carbocycles. The molecular formula is C11H11F2NO2. The number of pyridine rings is 1. The SMILES string of the molecule is CCOC(=O)[C@@H]1[C@@H](c2ccccn2)C1(F)F. The Bertz CT molecular complexity index is 394. The number of hydrogen-bond donors (Lipinski definition) is 0. The fraction of sp³-hybridized carbons (Fsp3) is 0.455. The zero-order chi connectivity index (χ0) is 11.8. The van der Waals surface area contributed by atoms with Crippen LogP contribution >= 0.6 is 0 Å². The number of hydrogen-bond acceptors (Lipinski definition) is 3. The van der Waals surface area contributed by atoms with Gasteiger partial charge in [0.1, 0.15) is 5.92 Å². The molecule has 2 atom stereocenters. The lowest BCUT2D eigenvalue weighted by molar-refractivity contribution is -0.147. The van der Waals surface area contributed by atoms with Gasteiger partial charge in [-0.3, -0.25) is 9.78 Å². The van der Waals surface area contributed by atoms with Gasteiger partial charge >= 0.3 is 5.97 Å². The minimum absolute atomic E-state index is 0.111. The Morgan fingerprint density at radius 3 is 2.88 bits per heavy atom. The van der Waals surface area contributed by atoms with Crippen molar-refractivity contribution in [3.05, 3.63) is 30.1 Å². The minimum atomic E-state index is -3.03. The van der Waals surface area contributed by atoms with Crippen molar-refractivity contribution in [3.63, 3.8) is 0 Å². The molecule has 1 aliphatic rings. The van der Waals surface area contributed by atoms with Gasteiger partial charge in [-0.2, -0.15) is 0 Å². The van der Waals surface area contributed by atoms with E-state index in [4.69, 9.17) is 0 Å². The second-order valence-corrected chi connectivity index (χ2v) is 3.64. The Balaban J connectivity index is 2.17. The van der Waals surface area contributed by atoms with Crippen LogP contribution in [0.4, 0.5) is 8.78 Å². The first-order valence-electron chi connectivity index (χ1n) is 5.04. The lowest BCUT2D eigenvalue weighted by Crippen LogP contribution is -2.11. The van der Waals surface area contributed by atoms with E-state index >= 15 is 0 Å². The Morgan fingerprint density at radius 1 is 1.56 bits per heavy atom. The van der Waals surface area contributed by atoms with Crippen LogP contribution in [0.15, 0.2) is 24.4 Å². The van der Waals surface area contributed by atoms with Crippen LogP contribution in [-0.2, 0) is 9.53 Å². The molecule has 1 fully saturated rings. The summed E-state index contributed by atoms with van der Waals surface area (Å²) in [6.07, 6.45) is 1.44. The maximum atomic E-state index is 13.4. The van der Waals surface area contributed by atoms with E-state index in [0.29, 0.717) is 0 Å². The topological polar surface area (TPSA) is 39.2 Å². The van der Waals surface area contributed by atoms with Gasteiger partial charge < -0.3 is 4.74 Å². The van der Waals surface area contributed by atoms with Crippen LogP contribution in [0.2, 0.25) is 0 Å². The molecule has 0 aliphatic heterocycles. The van der Waals surface area contributed by atoms with Gasteiger partial charge in [-0.15, -0.1) is 0 Å². The minimum Gasteiger partial charge on any atom is -0.466 e. The largest absolute Gasteiger partial charge is 0.466 e. The van der Waals surface area contributed by atoms with Gasteiger partial charge in [0.2, 0.25) is 0 Å². The molecule has 2 rings (SSSR count). The highest BCUT2D eigenvalue weighted by atomic mass is 19.3. The van der Waals surface area contributed by atoms with E-state index in [1.807, 2.05) is 0 Å². The van der Waals surface area contributed by atoms with Crippen molar-refractivity contribution in [3.8, 4) is 0 Å². The Labute approximate surface area is 91.4 Å². The van der Waals surface area contributed by atoms with Crippen LogP contribution in [0, 0.1) is 5.92 Å². The number of alkyl halides is 2. The molecule has 0 saturated heterocycles. The Hall–Kier alpha value is -1.52. The molecule has 16 heavy (non-hydrogen) atoms. The molecule has 0 unspecified atom stereocenters. The van der Waals surface area contributed by atoms with Gasteiger partial charge in [0.25, 0.3) is 5.92 Å². The molecule has 1 aliphatic carbocycles. The maximum absolute atomic E-state index is 13.4. The monoisotopic (exact) mass is 227 g/mol. The summed E-state index contributed by atoms with van der Waals surface area (Å²) in [4.78, 5) is 15.1. The Morgan fingerprint density at radius 2 is 2.31 bits per heavy atom. The van der Waals surface area contributed by atoms with E-state index in [-0.39, 0.29) is 12.3 Å². The van der Waals surface area contributed by atoms with E-state index in [1.54, 1.807) is 19.1 Å². The second-order valence-electron chi connectivity index (χ2n) is 3.64. The van der Waals surface area contributed by atoms with Gasteiger partial charge in [-0.1, -0.05) is 6.07 Å². The van der Waals surface area contributed by atoms with E-state index in [2.05, 4.69) is 9.72 Å². The van der Waals surface area contributed by atoms with E-state index in [1.165, 1.54) is 12.3 Å². The standard InChI is InChI=1S/C11H11F2NO2/c1-2-16-10(15)9-8(11(9,12)13)7-5-3-4-6-14-7/h3-6,8-9H,2H2,1H3/t8-,9+/m1/s1. The summed E-state index contributed by atoms with van der Waals surface area (Å²) < 4.78 is 31.4. The third-order valence-corrected chi connectivity index (χ3v) is 2.60. The third kappa shape index (κ3) is 1.66. The van der Waals surface area contributed by atoms with Crippen molar-refractivity contribution >= 4 is 5.97 Å². The summed E-state index contributed by atoms with van der Waals surface area (Å²) in [7, 11) is 0. The number of esters is 1. The second kappa shape index (κ2) is 3.81. The first kappa shape index (κ1) is 11.0. The quantitative estimate of drug-likeness (QED) is 0.741. The molecule has 0 bridgehead atoms. The summed E-state index contributed by atoms with van der Waals surface area (Å²) in [6.45, 7) is 1.70. The van der Waals surface area contributed by atoms with E-state index in [0.717, 1.165) is 0 Å². The first-order chi connectivity index (χ1) is 7.59. The molecular weight excluding hydrogens is 216 g/mol. The van der Waals surface area contributed by atoms with Crippen molar-refractivity contribution in [1.29, 1.82) is 0 Å². The molecule has 0 amide bonds. The molecule has 0 N–H and O–H groups in total. The number of ether oxygens (including phenoxy) is 1. The fourth-order valence-electron chi connectivity index (χ4n) is 1.78. The number of nitrogens with zero attached hydrogens (tertiary/aromatic N) is 1. The number of rotatable bonds is 3. The number of carbonyl (C=O) groups excluding carboxylic acids is 1. The summed E-state index contributed by atoms with van der Waals surface area (Å²) in [5.41, 5.74) is 0.241. The van der Waals surface area contributed by atoms with Gasteiger partial charge in [-0.25, -0.2) is 8.78 Å². The van der Waals surface area contributed by atoms with Crippen LogP contribution < -0.4 is 0 Å². The number of carbonyl (C=O) groups is 1. The molecule has 86 valence electrons. The van der Waals surface area contributed by atoms with Crippen molar-refractivity contribution < 1.29 is 18.3 Å². The average Bonchev–Trinajstić information content (AvgIpc) is 2.83. The summed E-state index contributed by atoms with van der Waals surface area (Å²) >= 11 is 0. The predicted octanol–water partition coefficient (Wildman–Crippen LogP) is 1.99. The molecule has 1 aromatic heterocycles. The first-order valence-corrected chi connectivity index (χ1v) is 5.04. The highest BCUT2D eigenvalue weighted by molar-refractivity contribution is 5.79. The molecule has 1 aromatic rings. The lowest BCUT2D eigenvalue weighted by Gasteiger charge is -1.98. The van der Waals surface area contributed by atoms with Gasteiger partial charge in [0, 0.05) is 6.20 Å². The molecule has 0 spiro atoms. The fourth-order valence-corrected chi connectivity index (χ4v) is 1.78. The predicted molar refractivity (Wildman–Crippen MR) is 52.0 cm³/mol. The summed E-state index contributed by atoms with van der Waals surface area (Å²) in [5, 5.41) is 0. The van der Waals surface area contributed by atoms with Gasteiger partial charge in [-0.05, 0) is 19.1 Å². The van der Waals surface area contributed by atoms with Crippen molar-refractivity contribution in [2.45, 2.75) is 18.8 Å². The van der Waals surface area contributed by atoms with Crippen molar-refractivity contribution in [2.24, 2.45) is 5.92 Å². The molecule has 1 heterocycles. The zero-order valence-corrected chi connectivity index (χ0v) is 8.69. The molecule has 0 radical (unpaired) electrons. The normalized spacial score (nSPS) is 26.2. The molecule has 3 nitrogen and oxygen atoms in total. The van der Waals surface area contributed by atoms with E-state index in [9.17, 15) is 13.6 Å². The molecule has 1 saturated carbocycles.